The Kier molecular flexibility index (Phi) is 8.71. The van der Waals surface area contributed by atoms with Gasteiger partial charge < -0.3 is 29.8 Å². The molecule has 0 aliphatic heterocycles. The second-order valence-corrected chi connectivity index (χ2v) is 5.96. The maximum absolute atomic E-state index is 11.8. The summed E-state index contributed by atoms with van der Waals surface area (Å²) in [6.45, 7) is 6.10. The monoisotopic (exact) mass is 388 g/mol. The van der Waals surface area contributed by atoms with Crippen LogP contribution in [0.2, 0.25) is 0 Å². The van der Waals surface area contributed by atoms with Gasteiger partial charge in [0.15, 0.2) is 23.2 Å². The van der Waals surface area contributed by atoms with E-state index in [1.807, 2.05) is 38.1 Å². The van der Waals surface area contributed by atoms with Crippen LogP contribution in [0, 0.1) is 0 Å². The fraction of sp³-hybridized carbons (Fsp3) is 0.400. The quantitative estimate of drug-likeness (QED) is 0.327. The van der Waals surface area contributed by atoms with Crippen LogP contribution in [-0.2, 0) is 0 Å². The van der Waals surface area contributed by atoms with E-state index in [2.05, 4.69) is 20.9 Å². The van der Waals surface area contributed by atoms with Gasteiger partial charge >= 0.3 is 0 Å². The van der Waals surface area contributed by atoms with Gasteiger partial charge in [-0.1, -0.05) is 12.1 Å². The molecule has 0 fully saturated rings. The van der Waals surface area contributed by atoms with E-state index in [0.29, 0.717) is 42.9 Å². The van der Waals surface area contributed by atoms with Gasteiger partial charge in [0.1, 0.15) is 6.10 Å². The summed E-state index contributed by atoms with van der Waals surface area (Å²) in [6, 6.07) is 10.8. The Bertz CT molecular complexity index is 746. The largest absolute Gasteiger partial charge is 0.493 e. The number of benzene rings is 1. The summed E-state index contributed by atoms with van der Waals surface area (Å²) < 4.78 is 16.3. The molecule has 0 aliphatic carbocycles. The lowest BCUT2D eigenvalue weighted by Crippen LogP contribution is -2.42. The summed E-state index contributed by atoms with van der Waals surface area (Å²) >= 11 is 0. The standard InChI is InChI=1S/C20H28N4O4/c1-4-21-20(23-12-11-22-19(25)18-10-7-13-27-18)24-14-15(2)28-17-9-6-5-8-16(17)26-3/h5-10,13,15H,4,11-12,14H2,1-3H3,(H,22,25)(H2,21,23,24). The molecule has 1 heterocycles. The second kappa shape index (κ2) is 11.5. The van der Waals surface area contributed by atoms with Crippen LogP contribution in [-0.4, -0.2) is 51.3 Å². The van der Waals surface area contributed by atoms with Crippen molar-refractivity contribution in [3.63, 3.8) is 0 Å². The number of amides is 1. The van der Waals surface area contributed by atoms with E-state index in [9.17, 15) is 4.79 Å². The molecule has 0 saturated carbocycles. The molecule has 0 radical (unpaired) electrons. The number of nitrogens with zero attached hydrogens (tertiary/aromatic N) is 1. The molecule has 1 aromatic carbocycles. The first kappa shape index (κ1) is 21.1. The predicted octanol–water partition coefficient (Wildman–Crippen LogP) is 2.04. The molecule has 1 amide bonds. The number of hydrogen-bond acceptors (Lipinski definition) is 5. The van der Waals surface area contributed by atoms with E-state index in [1.54, 1.807) is 19.2 Å². The van der Waals surface area contributed by atoms with E-state index in [0.717, 1.165) is 6.54 Å². The number of ether oxygens (including phenoxy) is 2. The summed E-state index contributed by atoms with van der Waals surface area (Å²) in [6.07, 6.45) is 1.34. The van der Waals surface area contributed by atoms with Crippen LogP contribution in [0.25, 0.3) is 0 Å². The van der Waals surface area contributed by atoms with Crippen molar-refractivity contribution in [2.75, 3.05) is 33.3 Å². The minimum absolute atomic E-state index is 0.134. The fourth-order valence-electron chi connectivity index (χ4n) is 2.38. The van der Waals surface area contributed by atoms with Crippen molar-refractivity contribution < 1.29 is 18.7 Å². The number of para-hydroxylation sites is 2. The first-order valence-electron chi connectivity index (χ1n) is 9.27. The SMILES string of the molecule is CCNC(=NCC(C)Oc1ccccc1OC)NCCNC(=O)c1ccco1. The van der Waals surface area contributed by atoms with Gasteiger partial charge in [0.2, 0.25) is 0 Å². The predicted molar refractivity (Wildman–Crippen MR) is 108 cm³/mol. The second-order valence-electron chi connectivity index (χ2n) is 5.96. The molecule has 8 nitrogen and oxygen atoms in total. The fourth-order valence-corrected chi connectivity index (χ4v) is 2.38. The number of aliphatic imine (C=N–C) groups is 1. The smallest absolute Gasteiger partial charge is 0.287 e. The first-order chi connectivity index (χ1) is 13.6. The normalized spacial score (nSPS) is 12.2. The van der Waals surface area contributed by atoms with Gasteiger partial charge in [-0.25, -0.2) is 4.99 Å². The molecule has 2 aromatic rings. The number of carbonyl (C=O) groups excluding carboxylic acids is 1. The van der Waals surface area contributed by atoms with Crippen molar-refractivity contribution in [3.05, 3.63) is 48.4 Å². The number of hydrogen-bond donors (Lipinski definition) is 3. The third-order valence-corrected chi connectivity index (χ3v) is 3.70. The summed E-state index contributed by atoms with van der Waals surface area (Å²) in [5.41, 5.74) is 0. The molecule has 1 unspecified atom stereocenters. The third-order valence-electron chi connectivity index (χ3n) is 3.70. The highest BCUT2D eigenvalue weighted by atomic mass is 16.5. The molecular formula is C20H28N4O4. The van der Waals surface area contributed by atoms with Gasteiger partial charge in [0.25, 0.3) is 5.91 Å². The minimum Gasteiger partial charge on any atom is -0.493 e. The number of furan rings is 1. The number of rotatable bonds is 10. The number of methoxy groups -OCH3 is 1. The highest BCUT2D eigenvalue weighted by Gasteiger charge is 2.09. The van der Waals surface area contributed by atoms with E-state index in [-0.39, 0.29) is 12.0 Å². The molecule has 2 rings (SSSR count). The van der Waals surface area contributed by atoms with Gasteiger partial charge in [0.05, 0.1) is 19.9 Å². The lowest BCUT2D eigenvalue weighted by molar-refractivity contribution is 0.0926. The van der Waals surface area contributed by atoms with Crippen LogP contribution < -0.4 is 25.4 Å². The molecule has 0 spiro atoms. The summed E-state index contributed by atoms with van der Waals surface area (Å²) in [5.74, 6) is 2.09. The van der Waals surface area contributed by atoms with Crippen molar-refractivity contribution in [1.29, 1.82) is 0 Å². The van der Waals surface area contributed by atoms with Crippen molar-refractivity contribution in [2.45, 2.75) is 20.0 Å². The first-order valence-corrected chi connectivity index (χ1v) is 9.27. The van der Waals surface area contributed by atoms with E-state index >= 15 is 0 Å². The molecule has 28 heavy (non-hydrogen) atoms. The highest BCUT2D eigenvalue weighted by molar-refractivity contribution is 5.91. The lowest BCUT2D eigenvalue weighted by atomic mass is 10.3. The van der Waals surface area contributed by atoms with Gasteiger partial charge in [-0.15, -0.1) is 0 Å². The molecule has 0 aliphatic rings. The zero-order valence-corrected chi connectivity index (χ0v) is 16.5. The summed E-state index contributed by atoms with van der Waals surface area (Å²) in [7, 11) is 1.61. The van der Waals surface area contributed by atoms with Crippen molar-refractivity contribution >= 4 is 11.9 Å². The van der Waals surface area contributed by atoms with Crippen molar-refractivity contribution in [3.8, 4) is 11.5 Å². The molecule has 8 heteroatoms. The van der Waals surface area contributed by atoms with Gasteiger partial charge in [-0.3, -0.25) is 4.79 Å². The Balaban J connectivity index is 1.78. The number of nitrogens with one attached hydrogen (secondary N) is 3. The average molecular weight is 388 g/mol. The highest BCUT2D eigenvalue weighted by Crippen LogP contribution is 2.26. The van der Waals surface area contributed by atoms with Gasteiger partial charge in [0, 0.05) is 19.6 Å². The topological polar surface area (TPSA) is 97.1 Å². The maximum atomic E-state index is 11.8. The molecule has 0 bridgehead atoms. The Morgan fingerprint density at radius 2 is 1.86 bits per heavy atom. The summed E-state index contributed by atoms with van der Waals surface area (Å²) in [4.78, 5) is 16.3. The van der Waals surface area contributed by atoms with E-state index < -0.39 is 0 Å². The van der Waals surface area contributed by atoms with Crippen molar-refractivity contribution in [2.24, 2.45) is 4.99 Å². The van der Waals surface area contributed by atoms with Crippen LogP contribution >= 0.6 is 0 Å². The van der Waals surface area contributed by atoms with Crippen LogP contribution in [0.1, 0.15) is 24.4 Å². The van der Waals surface area contributed by atoms with E-state index in [1.165, 1.54) is 6.26 Å². The Morgan fingerprint density at radius 1 is 1.11 bits per heavy atom. The zero-order valence-electron chi connectivity index (χ0n) is 16.5. The summed E-state index contributed by atoms with van der Waals surface area (Å²) in [5, 5.41) is 9.12. The lowest BCUT2D eigenvalue weighted by Gasteiger charge is -2.16. The molecule has 152 valence electrons. The zero-order chi connectivity index (χ0) is 20.2. The molecule has 1 aromatic heterocycles. The van der Waals surface area contributed by atoms with Crippen molar-refractivity contribution in [1.82, 2.24) is 16.0 Å². The maximum Gasteiger partial charge on any atom is 0.287 e. The third kappa shape index (κ3) is 6.86. The Hall–Kier alpha value is -3.16. The van der Waals surface area contributed by atoms with E-state index in [4.69, 9.17) is 13.9 Å². The number of carbonyl (C=O) groups is 1. The molecule has 0 saturated heterocycles. The molecule has 3 N–H and O–H groups in total. The Labute approximate surface area is 165 Å². The Morgan fingerprint density at radius 3 is 2.54 bits per heavy atom. The van der Waals surface area contributed by atoms with Crippen LogP contribution in [0.15, 0.2) is 52.1 Å². The van der Waals surface area contributed by atoms with Crippen LogP contribution in [0.5, 0.6) is 11.5 Å². The molecule has 1 atom stereocenters. The van der Waals surface area contributed by atoms with Crippen LogP contribution in [0.3, 0.4) is 0 Å². The minimum atomic E-state index is -0.243. The molecular weight excluding hydrogens is 360 g/mol. The van der Waals surface area contributed by atoms with Gasteiger partial charge in [-0.05, 0) is 38.1 Å². The average Bonchev–Trinajstić information content (AvgIpc) is 3.24. The number of guanidine groups is 1. The van der Waals surface area contributed by atoms with Crippen LogP contribution in [0.4, 0.5) is 0 Å². The van der Waals surface area contributed by atoms with Gasteiger partial charge in [-0.2, -0.15) is 0 Å².